The van der Waals surface area contributed by atoms with Crippen molar-refractivity contribution in [1.82, 2.24) is 4.90 Å². The van der Waals surface area contributed by atoms with Gasteiger partial charge in [0.2, 0.25) is 0 Å². The summed E-state index contributed by atoms with van der Waals surface area (Å²) < 4.78 is 5.84. The van der Waals surface area contributed by atoms with E-state index in [1.807, 2.05) is 12.1 Å². The predicted molar refractivity (Wildman–Crippen MR) is 88.9 cm³/mol. The maximum atomic E-state index is 12.3. The summed E-state index contributed by atoms with van der Waals surface area (Å²) in [7, 11) is 1.44. The first kappa shape index (κ1) is 16.6. The van der Waals surface area contributed by atoms with Gasteiger partial charge in [-0.05, 0) is 53.5 Å². The Hall–Kier alpha value is -0.780. The van der Waals surface area contributed by atoms with E-state index in [0.29, 0.717) is 5.02 Å². The molecule has 2 rings (SSSR count). The Balaban J connectivity index is 2.21. The fraction of sp³-hybridized carbons (Fsp3) is 0.533. The van der Waals surface area contributed by atoms with Crippen molar-refractivity contribution in [3.8, 4) is 0 Å². The van der Waals surface area contributed by atoms with Gasteiger partial charge in [0.1, 0.15) is 5.54 Å². The topological polar surface area (TPSA) is 41.6 Å². The van der Waals surface area contributed by atoms with Crippen LogP contribution in [0.3, 0.4) is 0 Å². The summed E-state index contributed by atoms with van der Waals surface area (Å²) >= 11 is 9.42. The van der Waals surface area contributed by atoms with Crippen molar-refractivity contribution in [3.63, 3.8) is 0 Å². The standard InChI is InChI=1S/C15H20BrClN2O2/c1-3-19-8-6-15(7-9-19,14(20)21-2)18-11-4-5-13(17)12(16)10-11/h4-5,10,18H,3,6-9H2,1-2H3. The van der Waals surface area contributed by atoms with Crippen LogP contribution in [0.1, 0.15) is 19.8 Å². The molecule has 0 spiro atoms. The van der Waals surface area contributed by atoms with Crippen LogP contribution in [0, 0.1) is 0 Å². The summed E-state index contributed by atoms with van der Waals surface area (Å²) in [6, 6.07) is 5.57. The lowest BCUT2D eigenvalue weighted by molar-refractivity contribution is -0.147. The van der Waals surface area contributed by atoms with Gasteiger partial charge in [-0.15, -0.1) is 0 Å². The van der Waals surface area contributed by atoms with Gasteiger partial charge >= 0.3 is 5.97 Å². The highest BCUT2D eigenvalue weighted by molar-refractivity contribution is 9.10. The zero-order valence-electron chi connectivity index (χ0n) is 12.3. The number of benzene rings is 1. The molecule has 1 saturated heterocycles. The predicted octanol–water partition coefficient (Wildman–Crippen LogP) is 3.54. The molecule has 0 atom stereocenters. The van der Waals surface area contributed by atoms with Crippen LogP contribution >= 0.6 is 27.5 Å². The Labute approximate surface area is 138 Å². The molecule has 0 bridgehead atoms. The van der Waals surface area contributed by atoms with E-state index in [-0.39, 0.29) is 5.97 Å². The Morgan fingerprint density at radius 2 is 2.14 bits per heavy atom. The van der Waals surface area contributed by atoms with Crippen LogP contribution in [0.15, 0.2) is 22.7 Å². The lowest BCUT2D eigenvalue weighted by atomic mass is 9.87. The van der Waals surface area contributed by atoms with Gasteiger partial charge in [-0.2, -0.15) is 0 Å². The minimum absolute atomic E-state index is 0.204. The number of rotatable bonds is 4. The molecule has 4 nitrogen and oxygen atoms in total. The average Bonchev–Trinajstić information content (AvgIpc) is 2.51. The van der Waals surface area contributed by atoms with E-state index >= 15 is 0 Å². The molecule has 0 radical (unpaired) electrons. The number of esters is 1. The fourth-order valence-corrected chi connectivity index (χ4v) is 3.17. The largest absolute Gasteiger partial charge is 0.467 e. The molecule has 0 saturated carbocycles. The molecular weight excluding hydrogens is 356 g/mol. The fourth-order valence-electron chi connectivity index (χ4n) is 2.68. The molecule has 1 heterocycles. The number of hydrogen-bond donors (Lipinski definition) is 1. The molecule has 21 heavy (non-hydrogen) atoms. The van der Waals surface area contributed by atoms with Gasteiger partial charge in [-0.25, -0.2) is 4.79 Å². The van der Waals surface area contributed by atoms with Crippen molar-refractivity contribution in [2.45, 2.75) is 25.3 Å². The molecule has 0 amide bonds. The van der Waals surface area contributed by atoms with E-state index < -0.39 is 5.54 Å². The minimum Gasteiger partial charge on any atom is -0.467 e. The van der Waals surface area contributed by atoms with Crippen LogP contribution in [0.25, 0.3) is 0 Å². The maximum Gasteiger partial charge on any atom is 0.331 e. The van der Waals surface area contributed by atoms with E-state index in [0.717, 1.165) is 42.6 Å². The van der Waals surface area contributed by atoms with Gasteiger partial charge in [0.15, 0.2) is 0 Å². The van der Waals surface area contributed by atoms with Crippen LogP contribution in [0.5, 0.6) is 0 Å². The molecule has 116 valence electrons. The van der Waals surface area contributed by atoms with Crippen molar-refractivity contribution in [2.24, 2.45) is 0 Å². The molecule has 1 aromatic rings. The Bertz CT molecular complexity index is 516. The molecule has 0 unspecified atom stereocenters. The lowest BCUT2D eigenvalue weighted by Gasteiger charge is -2.40. The molecule has 1 fully saturated rings. The minimum atomic E-state index is -0.659. The van der Waals surface area contributed by atoms with Gasteiger partial charge in [0.25, 0.3) is 0 Å². The number of likely N-dealkylation sites (tertiary alicyclic amines) is 1. The first-order valence-corrected chi connectivity index (χ1v) is 8.22. The molecule has 6 heteroatoms. The second-order valence-corrected chi connectivity index (χ2v) is 6.52. The molecule has 0 aliphatic carbocycles. The van der Waals surface area contributed by atoms with E-state index in [1.165, 1.54) is 7.11 Å². The highest BCUT2D eigenvalue weighted by Crippen LogP contribution is 2.31. The highest BCUT2D eigenvalue weighted by Gasteiger charge is 2.42. The Morgan fingerprint density at radius 3 is 2.67 bits per heavy atom. The van der Waals surface area contributed by atoms with Crippen LogP contribution < -0.4 is 5.32 Å². The van der Waals surface area contributed by atoms with E-state index in [2.05, 4.69) is 33.1 Å². The van der Waals surface area contributed by atoms with E-state index in [1.54, 1.807) is 6.07 Å². The highest BCUT2D eigenvalue weighted by atomic mass is 79.9. The zero-order chi connectivity index (χ0) is 15.5. The van der Waals surface area contributed by atoms with Gasteiger partial charge in [-0.3, -0.25) is 0 Å². The van der Waals surface area contributed by atoms with E-state index in [9.17, 15) is 4.79 Å². The van der Waals surface area contributed by atoms with Crippen molar-refractivity contribution in [2.75, 3.05) is 32.1 Å². The van der Waals surface area contributed by atoms with Gasteiger partial charge in [-0.1, -0.05) is 18.5 Å². The quantitative estimate of drug-likeness (QED) is 0.817. The molecule has 1 N–H and O–H groups in total. The third-order valence-electron chi connectivity index (χ3n) is 4.04. The number of anilines is 1. The summed E-state index contributed by atoms with van der Waals surface area (Å²) in [5.41, 5.74) is 0.204. The first-order valence-electron chi connectivity index (χ1n) is 7.05. The molecule has 0 aromatic heterocycles. The first-order chi connectivity index (χ1) is 10.0. The normalized spacial score (nSPS) is 18.3. The molecular formula is C15H20BrClN2O2. The number of hydrogen-bond acceptors (Lipinski definition) is 4. The summed E-state index contributed by atoms with van der Waals surface area (Å²) in [6.45, 7) is 4.90. The van der Waals surface area contributed by atoms with Gasteiger partial charge in [0.05, 0.1) is 12.1 Å². The van der Waals surface area contributed by atoms with Crippen molar-refractivity contribution in [1.29, 1.82) is 0 Å². The number of halogens is 2. The number of nitrogens with zero attached hydrogens (tertiary/aromatic N) is 1. The van der Waals surface area contributed by atoms with Crippen molar-refractivity contribution >= 4 is 39.2 Å². The third kappa shape index (κ3) is 3.71. The number of carbonyl (C=O) groups excluding carboxylic acids is 1. The summed E-state index contributed by atoms with van der Waals surface area (Å²) in [4.78, 5) is 14.6. The average molecular weight is 376 g/mol. The third-order valence-corrected chi connectivity index (χ3v) is 5.25. The van der Waals surface area contributed by atoms with Crippen LogP contribution in [0.4, 0.5) is 5.69 Å². The van der Waals surface area contributed by atoms with Gasteiger partial charge < -0.3 is 15.0 Å². The number of carbonyl (C=O) groups is 1. The molecule has 1 aliphatic heterocycles. The Morgan fingerprint density at radius 1 is 1.48 bits per heavy atom. The van der Waals surface area contributed by atoms with Crippen LogP contribution in [-0.2, 0) is 9.53 Å². The van der Waals surface area contributed by atoms with Crippen molar-refractivity contribution < 1.29 is 9.53 Å². The lowest BCUT2D eigenvalue weighted by Crippen LogP contribution is -2.54. The van der Waals surface area contributed by atoms with Gasteiger partial charge in [0, 0.05) is 23.2 Å². The number of methoxy groups -OCH3 is 1. The zero-order valence-corrected chi connectivity index (χ0v) is 14.6. The smallest absolute Gasteiger partial charge is 0.331 e. The van der Waals surface area contributed by atoms with Crippen LogP contribution in [0.2, 0.25) is 5.02 Å². The summed E-state index contributed by atoms with van der Waals surface area (Å²) in [6.07, 6.45) is 1.46. The number of nitrogens with one attached hydrogen (secondary N) is 1. The number of ether oxygens (including phenoxy) is 1. The van der Waals surface area contributed by atoms with Crippen LogP contribution in [-0.4, -0.2) is 43.2 Å². The second-order valence-electron chi connectivity index (χ2n) is 5.26. The number of piperidine rings is 1. The monoisotopic (exact) mass is 374 g/mol. The van der Waals surface area contributed by atoms with E-state index in [4.69, 9.17) is 16.3 Å². The summed E-state index contributed by atoms with van der Waals surface area (Å²) in [5.74, 6) is -0.204. The molecule has 1 aromatic carbocycles. The Kier molecular flexibility index (Phi) is 5.52. The molecule has 1 aliphatic rings. The second kappa shape index (κ2) is 6.99. The van der Waals surface area contributed by atoms with Crippen molar-refractivity contribution in [3.05, 3.63) is 27.7 Å². The maximum absolute atomic E-state index is 12.3. The SMILES string of the molecule is CCN1CCC(Nc2ccc(Cl)c(Br)c2)(C(=O)OC)CC1. The summed E-state index contributed by atoms with van der Waals surface area (Å²) in [5, 5.41) is 4.01.